The second kappa shape index (κ2) is 8.52. The molecule has 0 spiro atoms. The van der Waals surface area contributed by atoms with Gasteiger partial charge >= 0.3 is 0 Å². The zero-order valence-electron chi connectivity index (χ0n) is 14.5. The van der Waals surface area contributed by atoms with Crippen LogP contribution < -0.4 is 5.32 Å². The van der Waals surface area contributed by atoms with Crippen molar-refractivity contribution in [1.82, 2.24) is 15.1 Å². The van der Waals surface area contributed by atoms with Crippen LogP contribution in [0.25, 0.3) is 0 Å². The van der Waals surface area contributed by atoms with Crippen molar-refractivity contribution in [3.8, 4) is 0 Å². The highest BCUT2D eigenvalue weighted by atomic mass is 35.5. The van der Waals surface area contributed by atoms with Crippen molar-refractivity contribution in [2.75, 3.05) is 32.7 Å². The van der Waals surface area contributed by atoms with Crippen molar-refractivity contribution in [3.63, 3.8) is 0 Å². The first-order chi connectivity index (χ1) is 12.1. The molecule has 1 aromatic heterocycles. The summed E-state index contributed by atoms with van der Waals surface area (Å²) in [6, 6.07) is 11.6. The Kier molecular flexibility index (Phi) is 6.13. The third-order valence-corrected chi connectivity index (χ3v) is 4.75. The summed E-state index contributed by atoms with van der Waals surface area (Å²) in [7, 11) is 0. The summed E-state index contributed by atoms with van der Waals surface area (Å²) in [6.07, 6.45) is 1.62. The van der Waals surface area contributed by atoms with Gasteiger partial charge in [0.2, 0.25) is 5.91 Å². The summed E-state index contributed by atoms with van der Waals surface area (Å²) >= 11 is 5.93. The predicted octanol–water partition coefficient (Wildman–Crippen LogP) is 2.93. The standard InChI is InChI=1S/C19H24ClN3O2/c1-15(18-3-2-12-25-18)21-19(24)14-23-10-8-22(9-11-23)13-16-4-6-17(20)7-5-16/h2-7,12,15H,8-11,13-14H2,1H3,(H,21,24)/t15-/m0/s1. The molecule has 0 saturated carbocycles. The molecule has 1 aliphatic rings. The average molecular weight is 362 g/mol. The van der Waals surface area contributed by atoms with Gasteiger partial charge in [-0.05, 0) is 36.8 Å². The number of carbonyl (C=O) groups is 1. The van der Waals surface area contributed by atoms with E-state index in [0.29, 0.717) is 6.54 Å². The number of halogens is 1. The summed E-state index contributed by atoms with van der Waals surface area (Å²) in [5.41, 5.74) is 1.27. The van der Waals surface area contributed by atoms with Gasteiger partial charge in [0.05, 0.1) is 18.8 Å². The number of furan rings is 1. The molecule has 25 heavy (non-hydrogen) atoms. The summed E-state index contributed by atoms with van der Waals surface area (Å²) in [6.45, 7) is 7.01. The molecule has 1 saturated heterocycles. The Bertz CT molecular complexity index is 664. The van der Waals surface area contributed by atoms with Gasteiger partial charge in [-0.3, -0.25) is 14.6 Å². The van der Waals surface area contributed by atoms with Crippen molar-refractivity contribution >= 4 is 17.5 Å². The maximum absolute atomic E-state index is 12.2. The van der Waals surface area contributed by atoms with Gasteiger partial charge in [-0.25, -0.2) is 0 Å². The second-order valence-corrected chi connectivity index (χ2v) is 6.92. The molecular formula is C19H24ClN3O2. The first kappa shape index (κ1) is 18.0. The highest BCUT2D eigenvalue weighted by molar-refractivity contribution is 6.30. The van der Waals surface area contributed by atoms with Crippen LogP contribution in [0.1, 0.15) is 24.3 Å². The maximum atomic E-state index is 12.2. The maximum Gasteiger partial charge on any atom is 0.234 e. The first-order valence-electron chi connectivity index (χ1n) is 8.62. The molecule has 1 aliphatic heterocycles. The van der Waals surface area contributed by atoms with E-state index in [9.17, 15) is 4.79 Å². The van der Waals surface area contributed by atoms with Crippen LogP contribution in [0.2, 0.25) is 5.02 Å². The summed E-state index contributed by atoms with van der Waals surface area (Å²) < 4.78 is 5.32. The van der Waals surface area contributed by atoms with Crippen LogP contribution in [0.4, 0.5) is 0 Å². The number of piperazine rings is 1. The number of carbonyl (C=O) groups excluding carboxylic acids is 1. The second-order valence-electron chi connectivity index (χ2n) is 6.48. The lowest BCUT2D eigenvalue weighted by molar-refractivity contribution is -0.123. The zero-order chi connectivity index (χ0) is 17.6. The van der Waals surface area contributed by atoms with E-state index in [1.807, 2.05) is 31.2 Å². The Hall–Kier alpha value is -1.82. The van der Waals surface area contributed by atoms with Gasteiger partial charge in [-0.15, -0.1) is 0 Å². The van der Waals surface area contributed by atoms with Gasteiger partial charge < -0.3 is 9.73 Å². The van der Waals surface area contributed by atoms with Gasteiger partial charge in [0.1, 0.15) is 5.76 Å². The molecule has 6 heteroatoms. The molecule has 1 amide bonds. The number of benzene rings is 1. The minimum atomic E-state index is -0.103. The fraction of sp³-hybridized carbons (Fsp3) is 0.421. The van der Waals surface area contributed by atoms with E-state index in [0.717, 1.165) is 43.5 Å². The Labute approximate surface area is 153 Å². The molecular weight excluding hydrogens is 338 g/mol. The number of nitrogens with zero attached hydrogens (tertiary/aromatic N) is 2. The van der Waals surface area contributed by atoms with Crippen LogP contribution >= 0.6 is 11.6 Å². The van der Waals surface area contributed by atoms with Crippen molar-refractivity contribution < 1.29 is 9.21 Å². The minimum absolute atomic E-state index is 0.0371. The van der Waals surface area contributed by atoms with Crippen LogP contribution in [0, 0.1) is 0 Å². The average Bonchev–Trinajstić information content (AvgIpc) is 3.13. The number of amides is 1. The van der Waals surface area contributed by atoms with E-state index in [2.05, 4.69) is 27.2 Å². The summed E-state index contributed by atoms with van der Waals surface area (Å²) in [5, 5.41) is 3.75. The molecule has 2 aromatic rings. The van der Waals surface area contributed by atoms with Gasteiger partial charge in [-0.2, -0.15) is 0 Å². The van der Waals surface area contributed by atoms with Crippen molar-refractivity contribution in [1.29, 1.82) is 0 Å². The van der Waals surface area contributed by atoms with Crippen molar-refractivity contribution in [2.24, 2.45) is 0 Å². The van der Waals surface area contributed by atoms with Gasteiger partial charge in [0, 0.05) is 37.7 Å². The summed E-state index contributed by atoms with van der Waals surface area (Å²) in [5.74, 6) is 0.816. The van der Waals surface area contributed by atoms with E-state index >= 15 is 0 Å². The highest BCUT2D eigenvalue weighted by Crippen LogP contribution is 2.14. The minimum Gasteiger partial charge on any atom is -0.467 e. The van der Waals surface area contributed by atoms with Crippen LogP contribution in [-0.4, -0.2) is 48.4 Å². The normalized spacial score (nSPS) is 17.4. The lowest BCUT2D eigenvalue weighted by Gasteiger charge is -2.34. The van der Waals surface area contributed by atoms with E-state index in [4.69, 9.17) is 16.0 Å². The topological polar surface area (TPSA) is 48.7 Å². The number of rotatable bonds is 6. The highest BCUT2D eigenvalue weighted by Gasteiger charge is 2.20. The molecule has 2 heterocycles. The van der Waals surface area contributed by atoms with E-state index in [1.165, 1.54) is 5.56 Å². The molecule has 0 bridgehead atoms. The molecule has 3 rings (SSSR count). The molecule has 1 aromatic carbocycles. The van der Waals surface area contributed by atoms with Gasteiger partial charge in [-0.1, -0.05) is 23.7 Å². The Morgan fingerprint density at radius 3 is 2.48 bits per heavy atom. The Balaban J connectivity index is 1.40. The van der Waals surface area contributed by atoms with Crippen LogP contribution in [0.15, 0.2) is 47.1 Å². The third kappa shape index (κ3) is 5.33. The molecule has 0 aliphatic carbocycles. The Morgan fingerprint density at radius 2 is 1.84 bits per heavy atom. The quantitative estimate of drug-likeness (QED) is 0.859. The van der Waals surface area contributed by atoms with Gasteiger partial charge in [0.15, 0.2) is 0 Å². The largest absolute Gasteiger partial charge is 0.467 e. The van der Waals surface area contributed by atoms with E-state index in [1.54, 1.807) is 6.26 Å². The lowest BCUT2D eigenvalue weighted by atomic mass is 10.2. The predicted molar refractivity (Wildman–Crippen MR) is 98.4 cm³/mol. The fourth-order valence-electron chi connectivity index (χ4n) is 3.05. The molecule has 134 valence electrons. The smallest absolute Gasteiger partial charge is 0.234 e. The number of hydrogen-bond donors (Lipinski definition) is 1. The van der Waals surface area contributed by atoms with Crippen LogP contribution in [0.3, 0.4) is 0 Å². The van der Waals surface area contributed by atoms with Crippen LogP contribution in [0.5, 0.6) is 0 Å². The van der Waals surface area contributed by atoms with E-state index in [-0.39, 0.29) is 11.9 Å². The zero-order valence-corrected chi connectivity index (χ0v) is 15.2. The monoisotopic (exact) mass is 361 g/mol. The lowest BCUT2D eigenvalue weighted by Crippen LogP contribution is -2.49. The molecule has 1 fully saturated rings. The summed E-state index contributed by atoms with van der Waals surface area (Å²) in [4.78, 5) is 16.8. The third-order valence-electron chi connectivity index (χ3n) is 4.50. The van der Waals surface area contributed by atoms with Crippen molar-refractivity contribution in [3.05, 3.63) is 59.0 Å². The van der Waals surface area contributed by atoms with Gasteiger partial charge in [0.25, 0.3) is 0 Å². The Morgan fingerprint density at radius 1 is 1.16 bits per heavy atom. The molecule has 0 unspecified atom stereocenters. The SMILES string of the molecule is C[C@H](NC(=O)CN1CCN(Cc2ccc(Cl)cc2)CC1)c1ccco1. The van der Waals surface area contributed by atoms with Crippen LogP contribution in [-0.2, 0) is 11.3 Å². The molecule has 5 nitrogen and oxygen atoms in total. The molecule has 1 N–H and O–H groups in total. The molecule has 1 atom stereocenters. The molecule has 0 radical (unpaired) electrons. The number of nitrogens with one attached hydrogen (secondary N) is 1. The first-order valence-corrected chi connectivity index (χ1v) is 9.00. The number of hydrogen-bond acceptors (Lipinski definition) is 4. The van der Waals surface area contributed by atoms with Crippen molar-refractivity contribution in [2.45, 2.75) is 19.5 Å². The van der Waals surface area contributed by atoms with E-state index < -0.39 is 0 Å². The fourth-order valence-corrected chi connectivity index (χ4v) is 3.18.